The van der Waals surface area contributed by atoms with Crippen molar-refractivity contribution < 1.29 is 13.5 Å². The van der Waals surface area contributed by atoms with Crippen LogP contribution in [0.15, 0.2) is 52.5 Å². The van der Waals surface area contributed by atoms with E-state index in [1.807, 2.05) is 13.8 Å². The number of aromatic hydroxyl groups is 1. The van der Waals surface area contributed by atoms with Gasteiger partial charge in [0.25, 0.3) is 10.0 Å². The van der Waals surface area contributed by atoms with Gasteiger partial charge in [-0.15, -0.1) is 0 Å². The number of phenols is 1. The largest absolute Gasteiger partial charge is 0.507 e. The van der Waals surface area contributed by atoms with Crippen molar-refractivity contribution in [1.29, 1.82) is 0 Å². The lowest BCUT2D eigenvalue weighted by molar-refractivity contribution is 0.474. The van der Waals surface area contributed by atoms with Crippen molar-refractivity contribution in [2.75, 3.05) is 0 Å². The minimum Gasteiger partial charge on any atom is -0.507 e. The minimum atomic E-state index is -3.69. The van der Waals surface area contributed by atoms with Gasteiger partial charge in [-0.2, -0.15) is 13.5 Å². The van der Waals surface area contributed by atoms with E-state index in [2.05, 4.69) is 9.93 Å². The van der Waals surface area contributed by atoms with E-state index in [9.17, 15) is 13.5 Å². The summed E-state index contributed by atoms with van der Waals surface area (Å²) in [5, 5.41) is 13.5. The molecule has 5 nitrogen and oxygen atoms in total. The van der Waals surface area contributed by atoms with Gasteiger partial charge >= 0.3 is 0 Å². The quantitative estimate of drug-likeness (QED) is 0.672. The lowest BCUT2D eigenvalue weighted by atomic mass is 10.1. The summed E-state index contributed by atoms with van der Waals surface area (Å²) in [7, 11) is -3.69. The van der Waals surface area contributed by atoms with Crippen LogP contribution in [0.1, 0.15) is 16.7 Å². The molecule has 6 heteroatoms. The fourth-order valence-electron chi connectivity index (χ4n) is 1.74. The van der Waals surface area contributed by atoms with Crippen LogP contribution in [0.3, 0.4) is 0 Å². The van der Waals surface area contributed by atoms with Crippen LogP contribution < -0.4 is 4.83 Å². The van der Waals surface area contributed by atoms with Crippen molar-refractivity contribution in [3.63, 3.8) is 0 Å². The molecule has 0 amide bonds. The second kappa shape index (κ2) is 5.97. The van der Waals surface area contributed by atoms with E-state index < -0.39 is 10.0 Å². The third-order valence-electron chi connectivity index (χ3n) is 3.07. The van der Waals surface area contributed by atoms with Crippen LogP contribution in [0.25, 0.3) is 0 Å². The number of aryl methyl sites for hydroxylation is 2. The first-order valence-electron chi connectivity index (χ1n) is 6.30. The van der Waals surface area contributed by atoms with Gasteiger partial charge in [-0.3, -0.25) is 0 Å². The summed E-state index contributed by atoms with van der Waals surface area (Å²) in [6.07, 6.45) is 1.28. The summed E-state index contributed by atoms with van der Waals surface area (Å²) in [5.74, 6) is 0.0563. The monoisotopic (exact) mass is 304 g/mol. The van der Waals surface area contributed by atoms with Crippen LogP contribution in [0.5, 0.6) is 5.75 Å². The number of nitrogens with zero attached hydrogens (tertiary/aromatic N) is 1. The Morgan fingerprint density at radius 2 is 1.71 bits per heavy atom. The van der Waals surface area contributed by atoms with E-state index in [1.165, 1.54) is 18.3 Å². The van der Waals surface area contributed by atoms with Crippen LogP contribution in [-0.2, 0) is 10.0 Å². The molecule has 2 rings (SSSR count). The molecular formula is C15H16N2O3S. The Hall–Kier alpha value is -2.34. The number of hydrogen-bond donors (Lipinski definition) is 2. The minimum absolute atomic E-state index is 0.0563. The van der Waals surface area contributed by atoms with Gasteiger partial charge in [-0.05, 0) is 49.2 Å². The predicted molar refractivity (Wildman–Crippen MR) is 81.9 cm³/mol. The van der Waals surface area contributed by atoms with E-state index in [0.717, 1.165) is 11.1 Å². The predicted octanol–water partition coefficient (Wildman–Crippen LogP) is 2.32. The Labute approximate surface area is 124 Å². The maximum atomic E-state index is 11.9. The van der Waals surface area contributed by atoms with Crippen LogP contribution in [0, 0.1) is 13.8 Å². The molecule has 0 aromatic heterocycles. The van der Waals surface area contributed by atoms with Crippen molar-refractivity contribution in [3.05, 3.63) is 59.2 Å². The molecule has 0 saturated carbocycles. The average molecular weight is 304 g/mol. The van der Waals surface area contributed by atoms with Crippen molar-refractivity contribution >= 4 is 16.2 Å². The molecule has 0 saturated heterocycles. The molecule has 2 N–H and O–H groups in total. The summed E-state index contributed by atoms with van der Waals surface area (Å²) in [6.45, 7) is 3.79. The first kappa shape index (κ1) is 15.1. The zero-order chi connectivity index (χ0) is 15.5. The van der Waals surface area contributed by atoms with Crippen molar-refractivity contribution in [2.45, 2.75) is 18.7 Å². The van der Waals surface area contributed by atoms with Gasteiger partial charge in [0.05, 0.1) is 11.1 Å². The zero-order valence-electron chi connectivity index (χ0n) is 11.7. The average Bonchev–Trinajstić information content (AvgIpc) is 2.45. The molecule has 0 atom stereocenters. The molecule has 2 aromatic carbocycles. The van der Waals surface area contributed by atoms with Crippen LogP contribution in [0.4, 0.5) is 0 Å². The van der Waals surface area contributed by atoms with Gasteiger partial charge in [0, 0.05) is 5.56 Å². The number of rotatable bonds is 4. The third-order valence-corrected chi connectivity index (χ3v) is 4.31. The van der Waals surface area contributed by atoms with Crippen LogP contribution in [0.2, 0.25) is 0 Å². The summed E-state index contributed by atoms with van der Waals surface area (Å²) >= 11 is 0. The first-order chi connectivity index (χ1) is 9.90. The van der Waals surface area contributed by atoms with Crippen molar-refractivity contribution in [1.82, 2.24) is 4.83 Å². The summed E-state index contributed by atoms with van der Waals surface area (Å²) in [4.78, 5) is 2.25. The highest BCUT2D eigenvalue weighted by molar-refractivity contribution is 7.89. The second-order valence-electron chi connectivity index (χ2n) is 4.66. The number of sulfonamides is 1. The molecule has 2 aromatic rings. The van der Waals surface area contributed by atoms with Gasteiger partial charge in [0.1, 0.15) is 5.75 Å². The Morgan fingerprint density at radius 1 is 1.10 bits per heavy atom. The lowest BCUT2D eigenvalue weighted by Gasteiger charge is -2.05. The maximum Gasteiger partial charge on any atom is 0.276 e. The Bertz CT molecular complexity index is 769. The maximum absolute atomic E-state index is 11.9. The molecule has 110 valence electrons. The standard InChI is InChI=1S/C15H16N2O3S/c1-11-8-13(15(18)9-12(11)2)10-16-17-21(19,20)14-6-4-3-5-7-14/h3-10,17-18H,1-2H3/b16-10+. The molecule has 0 spiro atoms. The normalized spacial score (nSPS) is 11.7. The van der Waals surface area contributed by atoms with Crippen molar-refractivity contribution in [2.24, 2.45) is 5.10 Å². The molecule has 21 heavy (non-hydrogen) atoms. The second-order valence-corrected chi connectivity index (χ2v) is 6.32. The molecule has 0 heterocycles. The van der Waals surface area contributed by atoms with E-state index in [4.69, 9.17) is 0 Å². The number of nitrogens with one attached hydrogen (secondary N) is 1. The molecule has 0 fully saturated rings. The topological polar surface area (TPSA) is 78.8 Å². The molecule has 0 aliphatic heterocycles. The zero-order valence-corrected chi connectivity index (χ0v) is 12.6. The number of hydrogen-bond acceptors (Lipinski definition) is 4. The molecule has 0 radical (unpaired) electrons. The number of benzene rings is 2. The van der Waals surface area contributed by atoms with Crippen LogP contribution >= 0.6 is 0 Å². The highest BCUT2D eigenvalue weighted by atomic mass is 32.2. The lowest BCUT2D eigenvalue weighted by Crippen LogP contribution is -2.18. The van der Waals surface area contributed by atoms with Crippen molar-refractivity contribution in [3.8, 4) is 5.75 Å². The fraction of sp³-hybridized carbons (Fsp3) is 0.133. The summed E-state index contributed by atoms with van der Waals surface area (Å²) < 4.78 is 23.9. The van der Waals surface area contributed by atoms with Gasteiger partial charge in [0.2, 0.25) is 0 Å². The molecule has 0 bridgehead atoms. The molecular weight excluding hydrogens is 288 g/mol. The Morgan fingerprint density at radius 3 is 2.38 bits per heavy atom. The molecule has 0 aliphatic carbocycles. The number of phenolic OH excluding ortho intramolecular Hbond substituents is 1. The van der Waals surface area contributed by atoms with Crippen LogP contribution in [-0.4, -0.2) is 19.7 Å². The fourth-order valence-corrected chi connectivity index (χ4v) is 2.56. The number of hydrazone groups is 1. The highest BCUT2D eigenvalue weighted by Crippen LogP contribution is 2.20. The smallest absolute Gasteiger partial charge is 0.276 e. The summed E-state index contributed by atoms with van der Waals surface area (Å²) in [5.41, 5.74) is 2.39. The van der Waals surface area contributed by atoms with E-state index in [0.29, 0.717) is 5.56 Å². The van der Waals surface area contributed by atoms with E-state index >= 15 is 0 Å². The molecule has 0 unspecified atom stereocenters. The Kier molecular flexibility index (Phi) is 4.28. The van der Waals surface area contributed by atoms with E-state index in [1.54, 1.807) is 30.3 Å². The van der Waals surface area contributed by atoms with Gasteiger partial charge in [0.15, 0.2) is 0 Å². The highest BCUT2D eigenvalue weighted by Gasteiger charge is 2.11. The van der Waals surface area contributed by atoms with E-state index in [-0.39, 0.29) is 10.6 Å². The first-order valence-corrected chi connectivity index (χ1v) is 7.78. The summed E-state index contributed by atoms with van der Waals surface area (Å²) in [6, 6.07) is 11.3. The SMILES string of the molecule is Cc1cc(O)c(/C=N/NS(=O)(=O)c2ccccc2)cc1C. The van der Waals surface area contributed by atoms with Gasteiger partial charge in [-0.1, -0.05) is 18.2 Å². The van der Waals surface area contributed by atoms with Gasteiger partial charge in [-0.25, -0.2) is 4.83 Å². The third kappa shape index (κ3) is 3.61. The molecule has 0 aliphatic rings. The Balaban J connectivity index is 2.18. The van der Waals surface area contributed by atoms with Gasteiger partial charge < -0.3 is 5.11 Å².